The molecule has 0 saturated heterocycles. The van der Waals surface area contributed by atoms with Gasteiger partial charge >= 0.3 is 0 Å². The molecule has 0 bridgehead atoms. The highest BCUT2D eigenvalue weighted by molar-refractivity contribution is 6.28. The number of carbonyl (C=O) groups is 1. The van der Waals surface area contributed by atoms with Crippen molar-refractivity contribution in [1.82, 2.24) is 15.3 Å². The normalized spacial score (nSPS) is 24.4. The van der Waals surface area contributed by atoms with Crippen LogP contribution in [0.15, 0.2) is 12.3 Å². The van der Waals surface area contributed by atoms with E-state index in [2.05, 4.69) is 15.3 Å². The highest BCUT2D eigenvalue weighted by Gasteiger charge is 2.21. The molecule has 92 valence electrons. The van der Waals surface area contributed by atoms with Crippen LogP contribution in [0.3, 0.4) is 0 Å². The molecule has 17 heavy (non-hydrogen) atoms. The smallest absolute Gasteiger partial charge is 0.270 e. The molecule has 0 radical (unpaired) electrons. The molecule has 1 aromatic rings. The maximum atomic E-state index is 11.8. The summed E-state index contributed by atoms with van der Waals surface area (Å²) in [7, 11) is 0. The van der Waals surface area contributed by atoms with Crippen molar-refractivity contribution in [3.8, 4) is 0 Å². The predicted molar refractivity (Wildman–Crippen MR) is 62.8 cm³/mol. The van der Waals surface area contributed by atoms with E-state index in [4.69, 9.17) is 11.6 Å². The van der Waals surface area contributed by atoms with E-state index < -0.39 is 0 Å². The number of aliphatic hydroxyl groups excluding tert-OH is 1. The maximum absolute atomic E-state index is 11.8. The largest absolute Gasteiger partial charge is 0.393 e. The van der Waals surface area contributed by atoms with E-state index >= 15 is 0 Å². The number of halogens is 1. The third-order valence-corrected chi connectivity index (χ3v) is 3.07. The topological polar surface area (TPSA) is 75.1 Å². The minimum Gasteiger partial charge on any atom is -0.393 e. The molecule has 1 aromatic heterocycles. The first-order valence-electron chi connectivity index (χ1n) is 5.62. The lowest BCUT2D eigenvalue weighted by Gasteiger charge is -2.25. The third kappa shape index (κ3) is 3.38. The molecule has 2 rings (SSSR count). The quantitative estimate of drug-likeness (QED) is 0.778. The Labute approximate surface area is 104 Å². The summed E-state index contributed by atoms with van der Waals surface area (Å²) in [5.74, 6) is -0.240. The Morgan fingerprint density at radius 1 is 1.41 bits per heavy atom. The van der Waals surface area contributed by atoms with E-state index in [1.807, 2.05) is 0 Å². The van der Waals surface area contributed by atoms with Crippen LogP contribution < -0.4 is 5.32 Å². The lowest BCUT2D eigenvalue weighted by Crippen LogP contribution is -2.38. The van der Waals surface area contributed by atoms with Gasteiger partial charge in [0.05, 0.1) is 6.10 Å². The van der Waals surface area contributed by atoms with E-state index in [1.165, 1.54) is 12.3 Å². The molecule has 1 aliphatic rings. The molecule has 1 saturated carbocycles. The van der Waals surface area contributed by atoms with Crippen LogP contribution in [0.2, 0.25) is 5.28 Å². The van der Waals surface area contributed by atoms with Gasteiger partial charge in [0.25, 0.3) is 5.91 Å². The summed E-state index contributed by atoms with van der Waals surface area (Å²) in [6.07, 6.45) is 4.29. The first kappa shape index (κ1) is 12.3. The van der Waals surface area contributed by atoms with Gasteiger partial charge in [0.1, 0.15) is 5.69 Å². The van der Waals surface area contributed by atoms with Crippen LogP contribution in [0.1, 0.15) is 36.2 Å². The second-order valence-electron chi connectivity index (χ2n) is 4.19. The number of amides is 1. The zero-order chi connectivity index (χ0) is 12.3. The first-order valence-corrected chi connectivity index (χ1v) is 6.00. The standard InChI is InChI=1S/C11H14ClN3O2/c12-11-13-6-5-9(15-11)10(17)14-7-1-3-8(16)4-2-7/h5-8,16H,1-4H2,(H,14,17). The van der Waals surface area contributed by atoms with Gasteiger partial charge in [0.15, 0.2) is 0 Å². The molecule has 1 fully saturated rings. The summed E-state index contributed by atoms with van der Waals surface area (Å²) in [5, 5.41) is 12.3. The van der Waals surface area contributed by atoms with Gasteiger partial charge in [-0.25, -0.2) is 9.97 Å². The number of hydrogen-bond acceptors (Lipinski definition) is 4. The van der Waals surface area contributed by atoms with Crippen LogP contribution in [0.5, 0.6) is 0 Å². The summed E-state index contributed by atoms with van der Waals surface area (Å²) < 4.78 is 0. The Hall–Kier alpha value is -1.20. The molecule has 0 spiro atoms. The van der Waals surface area contributed by atoms with Gasteiger partial charge in [-0.3, -0.25) is 4.79 Å². The van der Waals surface area contributed by atoms with Crippen LogP contribution in [0.4, 0.5) is 0 Å². The van der Waals surface area contributed by atoms with Crippen molar-refractivity contribution in [3.63, 3.8) is 0 Å². The Bertz CT molecular complexity index is 405. The molecular weight excluding hydrogens is 242 g/mol. The summed E-state index contributed by atoms with van der Waals surface area (Å²) in [5.41, 5.74) is 0.274. The number of nitrogens with one attached hydrogen (secondary N) is 1. The molecule has 1 heterocycles. The molecule has 0 atom stereocenters. The average Bonchev–Trinajstić information content (AvgIpc) is 2.32. The fraction of sp³-hybridized carbons (Fsp3) is 0.545. The summed E-state index contributed by atoms with van der Waals surface area (Å²) >= 11 is 5.62. The van der Waals surface area contributed by atoms with Crippen LogP contribution in [0.25, 0.3) is 0 Å². The Kier molecular flexibility index (Phi) is 3.91. The molecule has 1 aliphatic carbocycles. The molecule has 6 heteroatoms. The fourth-order valence-electron chi connectivity index (χ4n) is 1.94. The second kappa shape index (κ2) is 5.42. The summed E-state index contributed by atoms with van der Waals surface area (Å²) in [6.45, 7) is 0. The van der Waals surface area contributed by atoms with Crippen LogP contribution in [0, 0.1) is 0 Å². The van der Waals surface area contributed by atoms with Crippen molar-refractivity contribution in [2.75, 3.05) is 0 Å². The van der Waals surface area contributed by atoms with Gasteiger partial charge in [-0.05, 0) is 43.4 Å². The van der Waals surface area contributed by atoms with Crippen molar-refractivity contribution in [3.05, 3.63) is 23.2 Å². The van der Waals surface area contributed by atoms with Gasteiger partial charge in [-0.15, -0.1) is 0 Å². The van der Waals surface area contributed by atoms with Crippen LogP contribution in [-0.4, -0.2) is 33.1 Å². The number of nitrogens with zero attached hydrogens (tertiary/aromatic N) is 2. The maximum Gasteiger partial charge on any atom is 0.270 e. The second-order valence-corrected chi connectivity index (χ2v) is 4.53. The highest BCUT2D eigenvalue weighted by atomic mass is 35.5. The SMILES string of the molecule is O=C(NC1CCC(O)CC1)c1ccnc(Cl)n1. The van der Waals surface area contributed by atoms with Gasteiger partial charge in [-0.1, -0.05) is 0 Å². The third-order valence-electron chi connectivity index (χ3n) is 2.89. The molecule has 5 nitrogen and oxygen atoms in total. The Balaban J connectivity index is 1.93. The van der Waals surface area contributed by atoms with Gasteiger partial charge < -0.3 is 10.4 Å². The van der Waals surface area contributed by atoms with E-state index in [0.717, 1.165) is 25.7 Å². The molecule has 1 amide bonds. The van der Waals surface area contributed by atoms with Crippen molar-refractivity contribution >= 4 is 17.5 Å². The van der Waals surface area contributed by atoms with Crippen LogP contribution >= 0.6 is 11.6 Å². The first-order chi connectivity index (χ1) is 8.15. The Morgan fingerprint density at radius 3 is 2.76 bits per heavy atom. The molecular formula is C11H14ClN3O2. The zero-order valence-electron chi connectivity index (χ0n) is 9.27. The van der Waals surface area contributed by atoms with Gasteiger partial charge in [-0.2, -0.15) is 0 Å². The van der Waals surface area contributed by atoms with Gasteiger partial charge in [0.2, 0.25) is 5.28 Å². The lowest BCUT2D eigenvalue weighted by atomic mass is 9.93. The lowest BCUT2D eigenvalue weighted by molar-refractivity contribution is 0.0863. The predicted octanol–water partition coefficient (Wildman–Crippen LogP) is 1.16. The van der Waals surface area contributed by atoms with E-state index in [9.17, 15) is 9.90 Å². The monoisotopic (exact) mass is 255 g/mol. The summed E-state index contributed by atoms with van der Waals surface area (Å²) in [4.78, 5) is 19.4. The van der Waals surface area contributed by atoms with Crippen molar-refractivity contribution < 1.29 is 9.90 Å². The van der Waals surface area contributed by atoms with E-state index in [-0.39, 0.29) is 29.0 Å². The number of aliphatic hydroxyl groups is 1. The summed E-state index contributed by atoms with van der Waals surface area (Å²) in [6, 6.07) is 1.64. The van der Waals surface area contributed by atoms with Crippen molar-refractivity contribution in [1.29, 1.82) is 0 Å². The molecule has 0 aliphatic heterocycles. The number of rotatable bonds is 2. The molecule has 0 unspecified atom stereocenters. The fourth-order valence-corrected chi connectivity index (χ4v) is 2.09. The molecule has 0 aromatic carbocycles. The zero-order valence-corrected chi connectivity index (χ0v) is 10.0. The number of carbonyl (C=O) groups excluding carboxylic acids is 1. The minimum absolute atomic E-state index is 0.0664. The van der Waals surface area contributed by atoms with Crippen LogP contribution in [-0.2, 0) is 0 Å². The van der Waals surface area contributed by atoms with Crippen molar-refractivity contribution in [2.24, 2.45) is 0 Å². The highest BCUT2D eigenvalue weighted by Crippen LogP contribution is 2.18. The number of aromatic nitrogens is 2. The van der Waals surface area contributed by atoms with Crippen molar-refractivity contribution in [2.45, 2.75) is 37.8 Å². The van der Waals surface area contributed by atoms with E-state index in [0.29, 0.717) is 0 Å². The van der Waals surface area contributed by atoms with Gasteiger partial charge in [0, 0.05) is 12.2 Å². The number of hydrogen-bond donors (Lipinski definition) is 2. The average molecular weight is 256 g/mol. The van der Waals surface area contributed by atoms with E-state index in [1.54, 1.807) is 0 Å². The molecule has 2 N–H and O–H groups in total. The Morgan fingerprint density at radius 2 is 2.12 bits per heavy atom. The minimum atomic E-state index is -0.240.